The molecule has 0 aliphatic rings. The van der Waals surface area contributed by atoms with Crippen LogP contribution >= 0.6 is 15.9 Å². The van der Waals surface area contributed by atoms with Crippen LogP contribution in [0.25, 0.3) is 21.5 Å². The summed E-state index contributed by atoms with van der Waals surface area (Å²) in [5.41, 5.74) is 2.82. The summed E-state index contributed by atoms with van der Waals surface area (Å²) in [6.45, 7) is 15.0. The number of aromatic nitrogens is 2. The number of carbonyl (C=O) groups excluding carboxylic acids is 2. The maximum atomic E-state index is 12.0. The van der Waals surface area contributed by atoms with Gasteiger partial charge in [0.1, 0.15) is 34.7 Å². The van der Waals surface area contributed by atoms with Crippen molar-refractivity contribution >= 4 is 61.3 Å². The van der Waals surface area contributed by atoms with E-state index in [0.29, 0.717) is 22.9 Å². The van der Waals surface area contributed by atoms with E-state index in [9.17, 15) is 14.7 Å². The summed E-state index contributed by atoms with van der Waals surface area (Å²) in [4.78, 5) is 31.5. The van der Waals surface area contributed by atoms with Gasteiger partial charge in [-0.2, -0.15) is 0 Å². The Kier molecular flexibility index (Phi) is 14.3. The Bertz CT molecular complexity index is 2210. The number of methoxy groups -OCH3 is 1. The van der Waals surface area contributed by atoms with Crippen molar-refractivity contribution in [2.24, 2.45) is 0 Å². The number of aliphatic hydroxyl groups excluding tert-OH is 1. The summed E-state index contributed by atoms with van der Waals surface area (Å²) in [7, 11) is 1.55. The van der Waals surface area contributed by atoms with Gasteiger partial charge in [0.15, 0.2) is 0 Å². The maximum absolute atomic E-state index is 12.0. The molecule has 4 aromatic carbocycles. The van der Waals surface area contributed by atoms with E-state index in [1.165, 1.54) is 20.8 Å². The quantitative estimate of drug-likeness (QED) is 0.157. The molecule has 0 spiro atoms. The lowest BCUT2D eigenvalue weighted by atomic mass is 9.94. The van der Waals surface area contributed by atoms with Crippen molar-refractivity contribution in [1.82, 2.24) is 9.97 Å². The van der Waals surface area contributed by atoms with Crippen molar-refractivity contribution < 1.29 is 28.9 Å². The van der Waals surface area contributed by atoms with Crippen LogP contribution in [-0.2, 0) is 9.47 Å². The lowest BCUT2D eigenvalue weighted by molar-refractivity contribution is 0.0624. The zero-order valence-corrected chi connectivity index (χ0v) is 34.3. The smallest absolute Gasteiger partial charge is 0.413 e. The molecule has 0 aliphatic heterocycles. The first-order valence-corrected chi connectivity index (χ1v) is 18.5. The molecule has 3 N–H and O–H groups in total. The van der Waals surface area contributed by atoms with E-state index >= 15 is 0 Å². The van der Waals surface area contributed by atoms with Crippen LogP contribution in [0.2, 0.25) is 0 Å². The number of ether oxygens (including phenoxy) is 3. The van der Waals surface area contributed by atoms with Crippen molar-refractivity contribution in [3.8, 4) is 5.75 Å². The Morgan fingerprint density at radius 2 is 1.13 bits per heavy atom. The molecule has 55 heavy (non-hydrogen) atoms. The second-order valence-corrected chi connectivity index (χ2v) is 15.5. The van der Waals surface area contributed by atoms with Gasteiger partial charge in [-0.05, 0) is 123 Å². The summed E-state index contributed by atoms with van der Waals surface area (Å²) in [6, 6.07) is 31.3. The Hall–Kier alpha value is -5.52. The molecule has 0 bridgehead atoms. The molecule has 6 rings (SSSR count). The number of rotatable bonds is 5. The molecule has 10 nitrogen and oxygen atoms in total. The molecule has 6 aromatic rings. The third kappa shape index (κ3) is 12.8. The number of benzene rings is 4. The summed E-state index contributed by atoms with van der Waals surface area (Å²) in [5, 5.41) is 20.8. The van der Waals surface area contributed by atoms with E-state index in [2.05, 4.69) is 79.9 Å². The Balaban J connectivity index is 0.000000203. The average Bonchev–Trinajstić information content (AvgIpc) is 3.12. The third-order valence-electron chi connectivity index (χ3n) is 7.88. The second-order valence-electron chi connectivity index (χ2n) is 14.6. The maximum Gasteiger partial charge on any atom is 0.413 e. The largest absolute Gasteiger partial charge is 0.497 e. The van der Waals surface area contributed by atoms with Gasteiger partial charge in [-0.15, -0.1) is 0 Å². The van der Waals surface area contributed by atoms with Crippen molar-refractivity contribution in [3.63, 3.8) is 0 Å². The minimum Gasteiger partial charge on any atom is -0.497 e. The van der Waals surface area contributed by atoms with Crippen LogP contribution < -0.4 is 15.4 Å². The molecule has 1 unspecified atom stereocenters. The van der Waals surface area contributed by atoms with Gasteiger partial charge in [0.05, 0.1) is 7.11 Å². The number of hydrogen-bond donors (Lipinski definition) is 3. The molecule has 0 saturated carbocycles. The number of amides is 2. The standard InChI is InChI=1S/C22H24N2O3.C11H9Br.C11H16N2O3/c1-14-9-10-18(17-8-6-5-7-16(14)17)20(25)15-11-12-23-19(13-15)24-21(26)27-22(2,3)4;1-8-6-7-11(12)10-5-3-2-4-9(8)10;1-11(2,3)16-10(14)13-9-7-8(15-4)5-6-12-9/h5-13,20,25H,1-4H3,(H,23,24,26);2-7H,1H3;5-7H,1-4H3,(H,12,13,14). The fraction of sp³-hybridized carbons (Fsp3) is 0.273. The number of anilines is 2. The Morgan fingerprint density at radius 1 is 0.655 bits per heavy atom. The van der Waals surface area contributed by atoms with Crippen LogP contribution in [0.1, 0.15) is 69.9 Å². The van der Waals surface area contributed by atoms with E-state index in [4.69, 9.17) is 14.2 Å². The van der Waals surface area contributed by atoms with Gasteiger partial charge >= 0.3 is 12.2 Å². The van der Waals surface area contributed by atoms with E-state index in [0.717, 1.165) is 21.9 Å². The molecule has 2 heterocycles. The number of carbonyl (C=O) groups is 2. The van der Waals surface area contributed by atoms with Crippen molar-refractivity contribution in [2.45, 2.75) is 72.7 Å². The van der Waals surface area contributed by atoms with Gasteiger partial charge in [0.25, 0.3) is 0 Å². The minimum absolute atomic E-state index is 0.331. The number of fused-ring (bicyclic) bond motifs is 2. The molecule has 11 heteroatoms. The number of pyridine rings is 2. The fourth-order valence-corrected chi connectivity index (χ4v) is 5.89. The van der Waals surface area contributed by atoms with Crippen LogP contribution in [0.15, 0.2) is 114 Å². The van der Waals surface area contributed by atoms with Crippen LogP contribution in [-0.4, -0.2) is 45.6 Å². The third-order valence-corrected chi connectivity index (χ3v) is 8.58. The molecule has 0 radical (unpaired) electrons. The number of nitrogens with one attached hydrogen (secondary N) is 2. The van der Waals surface area contributed by atoms with Crippen molar-refractivity contribution in [3.05, 3.63) is 136 Å². The Morgan fingerprint density at radius 3 is 1.65 bits per heavy atom. The minimum atomic E-state index is -0.835. The second kappa shape index (κ2) is 18.7. The lowest BCUT2D eigenvalue weighted by Gasteiger charge is -2.20. The van der Waals surface area contributed by atoms with Gasteiger partial charge in [-0.1, -0.05) is 82.7 Å². The summed E-state index contributed by atoms with van der Waals surface area (Å²) >= 11 is 3.53. The van der Waals surface area contributed by atoms with Crippen LogP contribution in [0.5, 0.6) is 5.75 Å². The highest BCUT2D eigenvalue weighted by molar-refractivity contribution is 9.10. The normalized spacial score (nSPS) is 11.6. The van der Waals surface area contributed by atoms with E-state index < -0.39 is 29.5 Å². The molecular weight excluding hydrogens is 760 g/mol. The first-order valence-electron chi connectivity index (χ1n) is 17.7. The summed E-state index contributed by atoms with van der Waals surface area (Å²) < 4.78 is 16.5. The molecule has 2 amide bonds. The van der Waals surface area contributed by atoms with Gasteiger partial charge in [0.2, 0.25) is 0 Å². The predicted molar refractivity (Wildman–Crippen MR) is 224 cm³/mol. The monoisotopic (exact) mass is 808 g/mol. The SMILES string of the molecule is COc1ccnc(NC(=O)OC(C)(C)C)c1.Cc1ccc(Br)c2ccccc12.Cc1ccc(C(O)c2ccnc(NC(=O)OC(C)(C)C)c2)c2ccccc12. The number of aryl methyl sites for hydroxylation is 2. The van der Waals surface area contributed by atoms with E-state index in [1.54, 1.807) is 85.3 Å². The van der Waals surface area contributed by atoms with Gasteiger partial charge in [0, 0.05) is 22.9 Å². The van der Waals surface area contributed by atoms with Gasteiger partial charge < -0.3 is 19.3 Å². The van der Waals surface area contributed by atoms with E-state index in [-0.39, 0.29) is 0 Å². The molecule has 2 aromatic heterocycles. The zero-order valence-electron chi connectivity index (χ0n) is 32.7. The van der Waals surface area contributed by atoms with Gasteiger partial charge in [-0.3, -0.25) is 10.6 Å². The average molecular weight is 810 g/mol. The predicted octanol–water partition coefficient (Wildman–Crippen LogP) is 11.3. The Labute approximate surface area is 331 Å². The van der Waals surface area contributed by atoms with Crippen LogP contribution in [0, 0.1) is 13.8 Å². The number of halogens is 1. The molecule has 0 aliphatic carbocycles. The first-order chi connectivity index (χ1) is 25.9. The fourth-order valence-electron chi connectivity index (χ4n) is 5.41. The van der Waals surface area contributed by atoms with Crippen molar-refractivity contribution in [2.75, 3.05) is 17.7 Å². The highest BCUT2D eigenvalue weighted by atomic mass is 79.9. The van der Waals surface area contributed by atoms with Gasteiger partial charge in [-0.25, -0.2) is 19.6 Å². The number of nitrogens with zero attached hydrogens (tertiary/aromatic N) is 2. The number of hydrogen-bond acceptors (Lipinski definition) is 8. The lowest BCUT2D eigenvalue weighted by Crippen LogP contribution is -2.27. The molecule has 0 fully saturated rings. The number of aliphatic hydroxyl groups is 1. The highest BCUT2D eigenvalue weighted by Crippen LogP contribution is 2.31. The zero-order chi connectivity index (χ0) is 40.3. The topological polar surface area (TPSA) is 132 Å². The molecule has 1 atom stereocenters. The molecular formula is C44H49BrN4O6. The van der Waals surface area contributed by atoms with Crippen LogP contribution in [0.4, 0.5) is 21.2 Å². The highest BCUT2D eigenvalue weighted by Gasteiger charge is 2.19. The van der Waals surface area contributed by atoms with Crippen molar-refractivity contribution in [1.29, 1.82) is 0 Å². The molecule has 288 valence electrons. The van der Waals surface area contributed by atoms with E-state index in [1.807, 2.05) is 43.3 Å². The summed E-state index contributed by atoms with van der Waals surface area (Å²) in [5.74, 6) is 1.35. The molecule has 0 saturated heterocycles. The summed E-state index contributed by atoms with van der Waals surface area (Å²) in [6.07, 6.45) is 1.15. The van der Waals surface area contributed by atoms with Crippen LogP contribution in [0.3, 0.4) is 0 Å². The first kappa shape index (κ1) is 42.2.